The molecule has 0 aromatic heterocycles. The van der Waals surface area contributed by atoms with Gasteiger partial charge >= 0.3 is 6.18 Å². The van der Waals surface area contributed by atoms with Crippen LogP contribution in [0.25, 0.3) is 0 Å². The van der Waals surface area contributed by atoms with Crippen molar-refractivity contribution in [2.45, 2.75) is 58.0 Å². The second kappa shape index (κ2) is 10.0. The summed E-state index contributed by atoms with van der Waals surface area (Å²) in [5.74, 6) is -3.62. The molecule has 25 heavy (non-hydrogen) atoms. The Bertz CT molecular complexity index is 480. The van der Waals surface area contributed by atoms with Gasteiger partial charge in [0.1, 0.15) is 23.0 Å². The van der Waals surface area contributed by atoms with Gasteiger partial charge in [-0.25, -0.2) is 13.2 Å². The van der Waals surface area contributed by atoms with Gasteiger partial charge in [0.15, 0.2) is 0 Å². The molecule has 0 radical (unpaired) electrons. The molecule has 0 bridgehead atoms. The van der Waals surface area contributed by atoms with E-state index in [2.05, 4.69) is 6.92 Å². The van der Waals surface area contributed by atoms with Crippen LogP contribution in [0.4, 0.5) is 30.7 Å². The first kappa shape index (κ1) is 21.8. The fourth-order valence-corrected chi connectivity index (χ4v) is 3.18. The lowest BCUT2D eigenvalue weighted by Crippen LogP contribution is -2.14. The van der Waals surface area contributed by atoms with E-state index in [1.165, 1.54) is 38.5 Å². The molecule has 0 nitrogen and oxygen atoms in total. The zero-order chi connectivity index (χ0) is 19.0. The summed E-state index contributed by atoms with van der Waals surface area (Å²) in [5.41, 5.74) is -2.08. The first-order chi connectivity index (χ1) is 11.7. The van der Waals surface area contributed by atoms with Crippen LogP contribution in [0.1, 0.15) is 57.4 Å². The number of halogens is 7. The summed E-state index contributed by atoms with van der Waals surface area (Å²) in [6.07, 6.45) is 3.67. The molecule has 0 spiro atoms. The monoisotopic (exact) mass is 372 g/mol. The van der Waals surface area contributed by atoms with Crippen LogP contribution in [0.3, 0.4) is 0 Å². The maximum absolute atomic E-state index is 12.4. The fourth-order valence-electron chi connectivity index (χ4n) is 3.18. The minimum absolute atomic E-state index is 0.0219. The number of benzene rings is 1. The van der Waals surface area contributed by atoms with E-state index in [0.717, 1.165) is 12.3 Å². The SMILES string of the molecule is CCCC1CCC(CCF)CC1.Fc1cc(F)c(C(F)(F)F)c(F)c1. The van der Waals surface area contributed by atoms with Crippen LogP contribution in [-0.4, -0.2) is 6.67 Å². The van der Waals surface area contributed by atoms with Gasteiger partial charge in [-0.3, -0.25) is 4.39 Å². The summed E-state index contributed by atoms with van der Waals surface area (Å²) in [7, 11) is 0. The van der Waals surface area contributed by atoms with E-state index in [4.69, 9.17) is 0 Å². The van der Waals surface area contributed by atoms with E-state index in [9.17, 15) is 30.7 Å². The lowest BCUT2D eigenvalue weighted by Gasteiger charge is -2.27. The van der Waals surface area contributed by atoms with Crippen LogP contribution >= 0.6 is 0 Å². The first-order valence-corrected chi connectivity index (χ1v) is 8.46. The molecule has 7 heteroatoms. The third-order valence-corrected chi connectivity index (χ3v) is 4.47. The lowest BCUT2D eigenvalue weighted by atomic mass is 9.79. The van der Waals surface area contributed by atoms with Crippen molar-refractivity contribution in [1.29, 1.82) is 0 Å². The molecule has 0 saturated heterocycles. The van der Waals surface area contributed by atoms with Gasteiger partial charge in [0.2, 0.25) is 0 Å². The summed E-state index contributed by atoms with van der Waals surface area (Å²) in [4.78, 5) is 0. The van der Waals surface area contributed by atoms with Gasteiger partial charge in [0.05, 0.1) is 6.67 Å². The Hall–Kier alpha value is -1.27. The Morgan fingerprint density at radius 1 is 0.880 bits per heavy atom. The van der Waals surface area contributed by atoms with Gasteiger partial charge in [-0.15, -0.1) is 0 Å². The van der Waals surface area contributed by atoms with E-state index in [1.807, 2.05) is 0 Å². The highest BCUT2D eigenvalue weighted by Gasteiger charge is 2.37. The van der Waals surface area contributed by atoms with Crippen LogP contribution in [0, 0.1) is 29.3 Å². The topological polar surface area (TPSA) is 0 Å². The van der Waals surface area contributed by atoms with Crippen LogP contribution in [0.5, 0.6) is 0 Å². The van der Waals surface area contributed by atoms with Crippen molar-refractivity contribution in [1.82, 2.24) is 0 Å². The quantitative estimate of drug-likeness (QED) is 0.496. The van der Waals surface area contributed by atoms with E-state index in [1.54, 1.807) is 0 Å². The predicted octanol–water partition coefficient (Wildman–Crippen LogP) is 7.08. The van der Waals surface area contributed by atoms with Crippen LogP contribution in [-0.2, 0) is 6.18 Å². The van der Waals surface area contributed by atoms with Gasteiger partial charge in [-0.2, -0.15) is 13.2 Å². The molecule has 1 aliphatic carbocycles. The third kappa shape index (κ3) is 7.24. The van der Waals surface area contributed by atoms with E-state index in [-0.39, 0.29) is 18.8 Å². The molecular formula is C18H23F7. The fraction of sp³-hybridized carbons (Fsp3) is 0.667. The molecule has 1 saturated carbocycles. The van der Waals surface area contributed by atoms with Crippen molar-refractivity contribution in [3.05, 3.63) is 35.1 Å². The highest BCUT2D eigenvalue weighted by atomic mass is 19.4. The van der Waals surface area contributed by atoms with Crippen molar-refractivity contribution in [3.8, 4) is 0 Å². The number of rotatable bonds is 4. The largest absolute Gasteiger partial charge is 0.422 e. The minimum Gasteiger partial charge on any atom is -0.251 e. The molecule has 1 aliphatic rings. The summed E-state index contributed by atoms with van der Waals surface area (Å²) in [5, 5.41) is 0. The average Bonchev–Trinajstić information content (AvgIpc) is 2.48. The van der Waals surface area contributed by atoms with E-state index in [0.29, 0.717) is 5.92 Å². The second-order valence-corrected chi connectivity index (χ2v) is 6.40. The van der Waals surface area contributed by atoms with Crippen molar-refractivity contribution in [2.75, 3.05) is 6.67 Å². The highest BCUT2D eigenvalue weighted by molar-refractivity contribution is 5.23. The molecule has 1 aromatic rings. The molecule has 0 unspecified atom stereocenters. The van der Waals surface area contributed by atoms with E-state index < -0.39 is 29.2 Å². The number of hydrogen-bond donors (Lipinski definition) is 0. The smallest absolute Gasteiger partial charge is 0.251 e. The lowest BCUT2D eigenvalue weighted by molar-refractivity contribution is -0.142. The zero-order valence-electron chi connectivity index (χ0n) is 14.1. The van der Waals surface area contributed by atoms with Crippen molar-refractivity contribution < 1.29 is 30.7 Å². The second-order valence-electron chi connectivity index (χ2n) is 6.40. The Kier molecular flexibility index (Phi) is 8.73. The Labute approximate surface area is 143 Å². The van der Waals surface area contributed by atoms with Crippen molar-refractivity contribution >= 4 is 0 Å². The number of alkyl halides is 4. The van der Waals surface area contributed by atoms with Crippen LogP contribution < -0.4 is 0 Å². The molecular weight excluding hydrogens is 349 g/mol. The molecule has 2 rings (SSSR count). The maximum atomic E-state index is 12.4. The Morgan fingerprint density at radius 3 is 1.68 bits per heavy atom. The Morgan fingerprint density at radius 2 is 1.32 bits per heavy atom. The van der Waals surface area contributed by atoms with Gasteiger partial charge in [-0.1, -0.05) is 45.4 Å². The summed E-state index contributed by atoms with van der Waals surface area (Å²) in [6, 6.07) is -0.0438. The highest BCUT2D eigenvalue weighted by Crippen LogP contribution is 2.34. The molecule has 1 aromatic carbocycles. The minimum atomic E-state index is -5.15. The summed E-state index contributed by atoms with van der Waals surface area (Å²) < 4.78 is 84.5. The summed E-state index contributed by atoms with van der Waals surface area (Å²) >= 11 is 0. The molecule has 0 N–H and O–H groups in total. The molecule has 144 valence electrons. The molecule has 1 fully saturated rings. The van der Waals surface area contributed by atoms with Gasteiger partial charge in [0.25, 0.3) is 0 Å². The van der Waals surface area contributed by atoms with Crippen molar-refractivity contribution in [3.63, 3.8) is 0 Å². The Balaban J connectivity index is 0.000000251. The molecule has 0 amide bonds. The zero-order valence-corrected chi connectivity index (χ0v) is 14.1. The van der Waals surface area contributed by atoms with Crippen molar-refractivity contribution in [2.24, 2.45) is 11.8 Å². The number of hydrogen-bond acceptors (Lipinski definition) is 0. The van der Waals surface area contributed by atoms with E-state index >= 15 is 0 Å². The summed E-state index contributed by atoms with van der Waals surface area (Å²) in [6.45, 7) is 2.15. The third-order valence-electron chi connectivity index (χ3n) is 4.47. The standard InChI is InChI=1S/C11H21F.C7H2F6/c1-2-3-10-4-6-11(7-5-10)8-9-12;8-3-1-4(9)6(5(10)2-3)7(11,12)13/h10-11H,2-9H2,1H3;1-2H. The normalized spacial score (nSPS) is 20.8. The first-order valence-electron chi connectivity index (χ1n) is 8.46. The van der Waals surface area contributed by atoms with Gasteiger partial charge in [-0.05, 0) is 18.3 Å². The maximum Gasteiger partial charge on any atom is 0.422 e. The van der Waals surface area contributed by atoms with Crippen LogP contribution in [0.2, 0.25) is 0 Å². The predicted molar refractivity (Wildman–Crippen MR) is 82.3 cm³/mol. The molecule has 0 aliphatic heterocycles. The molecule has 0 heterocycles. The van der Waals surface area contributed by atoms with Crippen LogP contribution in [0.15, 0.2) is 12.1 Å². The van der Waals surface area contributed by atoms with Gasteiger partial charge in [0, 0.05) is 12.1 Å². The van der Waals surface area contributed by atoms with Gasteiger partial charge < -0.3 is 0 Å². The molecule has 0 atom stereocenters. The average molecular weight is 372 g/mol.